The van der Waals surface area contributed by atoms with Gasteiger partial charge in [0.2, 0.25) is 10.0 Å². The van der Waals surface area contributed by atoms with Crippen molar-refractivity contribution in [3.63, 3.8) is 0 Å². The number of piperazine rings is 2. The monoisotopic (exact) mass is 508 g/mol. The predicted octanol–water partition coefficient (Wildman–Crippen LogP) is 1.57. The number of halogens is 2. The van der Waals surface area contributed by atoms with Gasteiger partial charge in [0.25, 0.3) is 0 Å². The molecule has 9 nitrogen and oxygen atoms in total. The number of nitrogens with zero attached hydrogens (tertiary/aromatic N) is 6. The Morgan fingerprint density at radius 1 is 0.886 bits per heavy atom. The normalized spacial score (nSPS) is 22.6. The fraction of sp³-hybridized carbons (Fsp3) is 0.565. The summed E-state index contributed by atoms with van der Waals surface area (Å²) in [6.07, 6.45) is 2.67. The van der Waals surface area contributed by atoms with E-state index in [0.717, 1.165) is 76.2 Å². The molecule has 0 radical (unpaired) electrons. The quantitative estimate of drug-likeness (QED) is 0.582. The molecule has 0 aliphatic carbocycles. The highest BCUT2D eigenvalue weighted by Crippen LogP contribution is 2.24. The summed E-state index contributed by atoms with van der Waals surface area (Å²) >= 11 is 0. The lowest BCUT2D eigenvalue weighted by Gasteiger charge is -2.36. The van der Waals surface area contributed by atoms with Crippen molar-refractivity contribution in [1.82, 2.24) is 19.4 Å². The Morgan fingerprint density at radius 3 is 2.09 bits per heavy atom. The molecule has 0 bridgehead atoms. The number of aromatic nitrogens is 2. The number of sulfonamides is 1. The van der Waals surface area contributed by atoms with E-state index in [2.05, 4.69) is 20.0 Å². The molecule has 190 valence electrons. The molecule has 35 heavy (non-hydrogen) atoms. The molecule has 1 aromatic heterocycles. The predicted molar refractivity (Wildman–Crippen MR) is 127 cm³/mol. The van der Waals surface area contributed by atoms with E-state index >= 15 is 0 Å². The maximum absolute atomic E-state index is 14.1. The Balaban J connectivity index is 1.14. The average molecular weight is 509 g/mol. The van der Waals surface area contributed by atoms with Gasteiger partial charge in [0, 0.05) is 65.5 Å². The SMILES string of the molecule is O=S(=O)(c1cc(F)ccc1F)N1CCN(c2ccc(N3CCN(CC4CCCO4)CC3)nn2)CC1. The van der Waals surface area contributed by atoms with E-state index in [-0.39, 0.29) is 13.1 Å². The van der Waals surface area contributed by atoms with Crippen LogP contribution in [0.5, 0.6) is 0 Å². The van der Waals surface area contributed by atoms with Crippen LogP contribution in [0.2, 0.25) is 0 Å². The van der Waals surface area contributed by atoms with Crippen molar-refractivity contribution >= 4 is 21.7 Å². The van der Waals surface area contributed by atoms with Gasteiger partial charge < -0.3 is 14.5 Å². The lowest BCUT2D eigenvalue weighted by atomic mass is 10.2. The lowest BCUT2D eigenvalue weighted by Crippen LogP contribution is -2.49. The second-order valence-electron chi connectivity index (χ2n) is 9.14. The molecule has 1 atom stereocenters. The van der Waals surface area contributed by atoms with Crippen LogP contribution >= 0.6 is 0 Å². The standard InChI is InChI=1S/C23H30F2N6O3S/c24-18-3-4-20(25)21(16-18)35(32,33)31-13-11-30(12-14-31)23-6-5-22(26-27-23)29-9-7-28(8-10-29)17-19-2-1-15-34-19/h3-6,16,19H,1-2,7-15,17H2. The Kier molecular flexibility index (Phi) is 7.14. The van der Waals surface area contributed by atoms with Gasteiger partial charge >= 0.3 is 0 Å². The van der Waals surface area contributed by atoms with Gasteiger partial charge in [-0.1, -0.05) is 0 Å². The number of benzene rings is 1. The van der Waals surface area contributed by atoms with Crippen LogP contribution in [0.1, 0.15) is 12.8 Å². The molecule has 0 saturated carbocycles. The molecule has 2 aromatic rings. The highest BCUT2D eigenvalue weighted by atomic mass is 32.2. The van der Waals surface area contributed by atoms with Gasteiger partial charge in [0.1, 0.15) is 16.5 Å². The third kappa shape index (κ3) is 5.40. The molecule has 3 aliphatic rings. The molecule has 0 spiro atoms. The van der Waals surface area contributed by atoms with E-state index in [1.54, 1.807) is 0 Å². The van der Waals surface area contributed by atoms with Crippen molar-refractivity contribution < 1.29 is 21.9 Å². The molecule has 3 fully saturated rings. The van der Waals surface area contributed by atoms with E-state index in [1.807, 2.05) is 17.0 Å². The summed E-state index contributed by atoms with van der Waals surface area (Å²) in [5, 5.41) is 8.78. The second kappa shape index (κ2) is 10.3. The first-order chi connectivity index (χ1) is 16.9. The van der Waals surface area contributed by atoms with E-state index in [1.165, 1.54) is 4.31 Å². The summed E-state index contributed by atoms with van der Waals surface area (Å²) in [6, 6.07) is 6.31. The zero-order chi connectivity index (χ0) is 24.4. The Bertz CT molecular complexity index is 1110. The van der Waals surface area contributed by atoms with Gasteiger partial charge in [-0.15, -0.1) is 10.2 Å². The van der Waals surface area contributed by atoms with Crippen molar-refractivity contribution in [3.8, 4) is 0 Å². The molecular weight excluding hydrogens is 478 g/mol. The van der Waals surface area contributed by atoms with Crippen LogP contribution in [0, 0.1) is 11.6 Å². The molecule has 5 rings (SSSR count). The highest BCUT2D eigenvalue weighted by molar-refractivity contribution is 7.89. The largest absolute Gasteiger partial charge is 0.377 e. The summed E-state index contributed by atoms with van der Waals surface area (Å²) in [7, 11) is -4.12. The Labute approximate surface area is 204 Å². The number of anilines is 2. The van der Waals surface area contributed by atoms with Gasteiger partial charge in [-0.2, -0.15) is 4.31 Å². The molecule has 0 amide bonds. The first kappa shape index (κ1) is 24.3. The van der Waals surface area contributed by atoms with Crippen LogP contribution in [0.4, 0.5) is 20.4 Å². The molecule has 3 aliphatic heterocycles. The maximum atomic E-state index is 14.1. The van der Waals surface area contributed by atoms with Gasteiger partial charge in [0.15, 0.2) is 11.6 Å². The van der Waals surface area contributed by atoms with Crippen molar-refractivity contribution in [3.05, 3.63) is 42.0 Å². The van der Waals surface area contributed by atoms with Gasteiger partial charge in [0.05, 0.1) is 6.10 Å². The van der Waals surface area contributed by atoms with Crippen LogP contribution in [-0.2, 0) is 14.8 Å². The van der Waals surface area contributed by atoms with E-state index < -0.39 is 26.6 Å². The average Bonchev–Trinajstić information content (AvgIpc) is 3.39. The van der Waals surface area contributed by atoms with E-state index in [4.69, 9.17) is 4.74 Å². The first-order valence-electron chi connectivity index (χ1n) is 12.0. The molecular formula is C23H30F2N6O3S. The number of rotatable bonds is 6. The summed E-state index contributed by atoms with van der Waals surface area (Å²) in [5.41, 5.74) is 0. The van der Waals surface area contributed by atoms with Crippen LogP contribution in [-0.4, -0.2) is 99.4 Å². The smallest absolute Gasteiger partial charge is 0.246 e. The highest BCUT2D eigenvalue weighted by Gasteiger charge is 2.31. The maximum Gasteiger partial charge on any atom is 0.246 e. The third-order valence-electron chi connectivity index (χ3n) is 6.89. The van der Waals surface area contributed by atoms with Crippen LogP contribution < -0.4 is 9.80 Å². The minimum absolute atomic E-state index is 0.147. The topological polar surface area (TPSA) is 82.1 Å². The number of hydrogen-bond donors (Lipinski definition) is 0. The summed E-state index contributed by atoms with van der Waals surface area (Å²) in [4.78, 5) is 5.98. The van der Waals surface area contributed by atoms with Crippen LogP contribution in [0.25, 0.3) is 0 Å². The Morgan fingerprint density at radius 2 is 1.51 bits per heavy atom. The van der Waals surface area contributed by atoms with Crippen molar-refractivity contribution in [2.75, 3.05) is 75.3 Å². The minimum Gasteiger partial charge on any atom is -0.377 e. The summed E-state index contributed by atoms with van der Waals surface area (Å²) < 4.78 is 60.1. The van der Waals surface area contributed by atoms with Crippen molar-refractivity contribution in [2.24, 2.45) is 0 Å². The van der Waals surface area contributed by atoms with Gasteiger partial charge in [-0.05, 0) is 43.2 Å². The van der Waals surface area contributed by atoms with Crippen molar-refractivity contribution in [1.29, 1.82) is 0 Å². The second-order valence-corrected chi connectivity index (χ2v) is 11.0. The Hall–Kier alpha value is -2.41. The van der Waals surface area contributed by atoms with Gasteiger partial charge in [-0.25, -0.2) is 17.2 Å². The number of hydrogen-bond acceptors (Lipinski definition) is 8. The van der Waals surface area contributed by atoms with Gasteiger partial charge in [-0.3, -0.25) is 4.90 Å². The minimum atomic E-state index is -4.12. The number of ether oxygens (including phenoxy) is 1. The molecule has 3 saturated heterocycles. The zero-order valence-electron chi connectivity index (χ0n) is 19.5. The molecule has 0 N–H and O–H groups in total. The van der Waals surface area contributed by atoms with E-state index in [0.29, 0.717) is 25.0 Å². The lowest BCUT2D eigenvalue weighted by molar-refractivity contribution is 0.0712. The fourth-order valence-electron chi connectivity index (χ4n) is 4.86. The molecule has 4 heterocycles. The van der Waals surface area contributed by atoms with Crippen LogP contribution in [0.15, 0.2) is 35.2 Å². The third-order valence-corrected chi connectivity index (χ3v) is 8.81. The molecule has 12 heteroatoms. The summed E-state index contributed by atoms with van der Waals surface area (Å²) in [5.74, 6) is -0.251. The van der Waals surface area contributed by atoms with E-state index in [9.17, 15) is 17.2 Å². The molecule has 1 aromatic carbocycles. The van der Waals surface area contributed by atoms with Crippen LogP contribution in [0.3, 0.4) is 0 Å². The summed E-state index contributed by atoms with van der Waals surface area (Å²) in [6.45, 7) is 6.62. The molecule has 1 unspecified atom stereocenters. The first-order valence-corrected chi connectivity index (χ1v) is 13.5. The fourth-order valence-corrected chi connectivity index (χ4v) is 6.36. The zero-order valence-corrected chi connectivity index (χ0v) is 20.3. The van der Waals surface area contributed by atoms with Crippen molar-refractivity contribution in [2.45, 2.75) is 23.8 Å².